The molecule has 31 heavy (non-hydrogen) atoms. The standard InChI is InChI=1S/C24H33N3O4/c28-15-13-25-22(29)17-8-7-14-26(16-17)20-12-6-11-19-21(20)24(31)27(23(19)30)18-9-4-2-1-3-5-10-18/h6,11-12,17-18,28H,1-5,7-10,13-16H2,(H,25,29). The summed E-state index contributed by atoms with van der Waals surface area (Å²) in [5.41, 5.74) is 1.77. The summed E-state index contributed by atoms with van der Waals surface area (Å²) in [6, 6.07) is 5.49. The number of aliphatic hydroxyl groups excluding tert-OH is 1. The van der Waals surface area contributed by atoms with Crippen LogP contribution in [0.2, 0.25) is 0 Å². The van der Waals surface area contributed by atoms with Gasteiger partial charge in [-0.2, -0.15) is 0 Å². The zero-order valence-corrected chi connectivity index (χ0v) is 18.1. The SMILES string of the molecule is O=C(NCCO)C1CCCN(c2cccc3c2C(=O)N(C2CCCCCCC2)C3=O)C1. The highest BCUT2D eigenvalue weighted by Crippen LogP contribution is 2.36. The number of fused-ring (bicyclic) bond motifs is 1. The van der Waals surface area contributed by atoms with Crippen LogP contribution in [0, 0.1) is 5.92 Å². The number of rotatable bonds is 5. The zero-order valence-electron chi connectivity index (χ0n) is 18.1. The molecule has 3 amide bonds. The molecule has 1 aliphatic carbocycles. The van der Waals surface area contributed by atoms with Crippen molar-refractivity contribution in [2.45, 2.75) is 63.8 Å². The Morgan fingerprint density at radius 2 is 1.74 bits per heavy atom. The first-order valence-corrected chi connectivity index (χ1v) is 11.8. The Kier molecular flexibility index (Phi) is 6.90. The van der Waals surface area contributed by atoms with Crippen LogP contribution in [0.25, 0.3) is 0 Å². The lowest BCUT2D eigenvalue weighted by atomic mass is 9.95. The number of carbonyl (C=O) groups is 3. The van der Waals surface area contributed by atoms with E-state index in [4.69, 9.17) is 5.11 Å². The van der Waals surface area contributed by atoms with Crippen molar-refractivity contribution in [3.05, 3.63) is 29.3 Å². The Hall–Kier alpha value is -2.41. The third kappa shape index (κ3) is 4.47. The van der Waals surface area contributed by atoms with Crippen LogP contribution in [0.5, 0.6) is 0 Å². The van der Waals surface area contributed by atoms with Gasteiger partial charge < -0.3 is 15.3 Å². The van der Waals surface area contributed by atoms with Crippen molar-refractivity contribution in [1.82, 2.24) is 10.2 Å². The van der Waals surface area contributed by atoms with E-state index in [1.165, 1.54) is 24.2 Å². The van der Waals surface area contributed by atoms with Crippen LogP contribution in [0.1, 0.15) is 78.5 Å². The molecule has 1 atom stereocenters. The Morgan fingerprint density at radius 3 is 2.48 bits per heavy atom. The summed E-state index contributed by atoms with van der Waals surface area (Å²) < 4.78 is 0. The number of nitrogens with one attached hydrogen (secondary N) is 1. The third-order valence-electron chi connectivity index (χ3n) is 6.91. The van der Waals surface area contributed by atoms with Gasteiger partial charge in [-0.1, -0.05) is 38.2 Å². The highest BCUT2D eigenvalue weighted by molar-refractivity contribution is 6.24. The smallest absolute Gasteiger partial charge is 0.263 e. The van der Waals surface area contributed by atoms with E-state index < -0.39 is 0 Å². The Labute approximate surface area is 183 Å². The summed E-state index contributed by atoms with van der Waals surface area (Å²) in [6.07, 6.45) is 9.08. The number of benzene rings is 1. The minimum absolute atomic E-state index is 0.0149. The first kappa shape index (κ1) is 21.8. The molecular weight excluding hydrogens is 394 g/mol. The predicted octanol–water partition coefficient (Wildman–Crippen LogP) is 2.72. The van der Waals surface area contributed by atoms with Gasteiger partial charge in [-0.15, -0.1) is 0 Å². The van der Waals surface area contributed by atoms with Gasteiger partial charge in [0.05, 0.1) is 29.3 Å². The molecule has 1 unspecified atom stereocenters. The van der Waals surface area contributed by atoms with Gasteiger partial charge in [0.15, 0.2) is 0 Å². The highest BCUT2D eigenvalue weighted by Gasteiger charge is 2.42. The summed E-state index contributed by atoms with van der Waals surface area (Å²) in [6.45, 7) is 1.44. The summed E-state index contributed by atoms with van der Waals surface area (Å²) >= 11 is 0. The summed E-state index contributed by atoms with van der Waals surface area (Å²) in [5, 5.41) is 11.7. The van der Waals surface area contributed by atoms with Crippen molar-refractivity contribution in [3.63, 3.8) is 0 Å². The van der Waals surface area contributed by atoms with Crippen molar-refractivity contribution < 1.29 is 19.5 Å². The molecule has 1 aromatic rings. The van der Waals surface area contributed by atoms with Crippen LogP contribution in [0.3, 0.4) is 0 Å². The van der Waals surface area contributed by atoms with Crippen LogP contribution < -0.4 is 10.2 Å². The number of imide groups is 1. The maximum Gasteiger partial charge on any atom is 0.263 e. The fourth-order valence-corrected chi connectivity index (χ4v) is 5.31. The Bertz CT molecular complexity index is 832. The quantitative estimate of drug-likeness (QED) is 0.706. The van der Waals surface area contributed by atoms with E-state index in [0.717, 1.165) is 50.8 Å². The van der Waals surface area contributed by atoms with Crippen LogP contribution in [-0.4, -0.2) is 60.0 Å². The molecule has 168 valence electrons. The van der Waals surface area contributed by atoms with Crippen molar-refractivity contribution in [1.29, 1.82) is 0 Å². The van der Waals surface area contributed by atoms with Crippen molar-refractivity contribution in [2.75, 3.05) is 31.1 Å². The normalized spacial score (nSPS) is 22.8. The number of amides is 3. The molecule has 3 aliphatic rings. The second kappa shape index (κ2) is 9.81. The summed E-state index contributed by atoms with van der Waals surface area (Å²) in [4.78, 5) is 42.8. The number of aliphatic hydroxyl groups is 1. The van der Waals surface area contributed by atoms with Gasteiger partial charge in [0.1, 0.15) is 0 Å². The van der Waals surface area contributed by atoms with E-state index in [1.54, 1.807) is 6.07 Å². The molecular formula is C24H33N3O4. The monoisotopic (exact) mass is 427 g/mol. The number of piperidine rings is 1. The fourth-order valence-electron chi connectivity index (χ4n) is 5.31. The molecule has 0 radical (unpaired) electrons. The first-order valence-electron chi connectivity index (χ1n) is 11.8. The summed E-state index contributed by atoms with van der Waals surface area (Å²) in [5.74, 6) is -0.593. The van der Waals surface area contributed by atoms with Crippen LogP contribution >= 0.6 is 0 Å². The zero-order chi connectivity index (χ0) is 21.8. The maximum absolute atomic E-state index is 13.5. The van der Waals surface area contributed by atoms with Crippen molar-refractivity contribution >= 4 is 23.4 Å². The second-order valence-electron chi connectivity index (χ2n) is 8.98. The van der Waals surface area contributed by atoms with Gasteiger partial charge in [-0.05, 0) is 37.8 Å². The Balaban J connectivity index is 1.56. The lowest BCUT2D eigenvalue weighted by Crippen LogP contribution is -2.44. The van der Waals surface area contributed by atoms with Gasteiger partial charge in [0.25, 0.3) is 11.8 Å². The molecule has 2 N–H and O–H groups in total. The molecule has 1 saturated heterocycles. The average molecular weight is 428 g/mol. The highest BCUT2D eigenvalue weighted by atomic mass is 16.3. The molecule has 2 aliphatic heterocycles. The minimum atomic E-state index is -0.190. The van der Waals surface area contributed by atoms with Gasteiger partial charge in [0, 0.05) is 25.7 Å². The molecule has 7 nitrogen and oxygen atoms in total. The number of hydrogen-bond acceptors (Lipinski definition) is 5. The van der Waals surface area contributed by atoms with Gasteiger partial charge in [-0.3, -0.25) is 19.3 Å². The van der Waals surface area contributed by atoms with Gasteiger partial charge >= 0.3 is 0 Å². The third-order valence-corrected chi connectivity index (χ3v) is 6.91. The maximum atomic E-state index is 13.5. The molecule has 0 spiro atoms. The number of nitrogens with zero attached hydrogens (tertiary/aromatic N) is 2. The molecule has 1 saturated carbocycles. The molecule has 4 rings (SSSR count). The lowest BCUT2D eigenvalue weighted by molar-refractivity contribution is -0.125. The Morgan fingerprint density at radius 1 is 1.00 bits per heavy atom. The van der Waals surface area contributed by atoms with Crippen molar-refractivity contribution in [2.24, 2.45) is 5.92 Å². The van der Waals surface area contributed by atoms with E-state index in [0.29, 0.717) is 17.7 Å². The average Bonchev–Trinajstić information content (AvgIpc) is 3.02. The van der Waals surface area contributed by atoms with Crippen LogP contribution in [0.4, 0.5) is 5.69 Å². The molecule has 2 heterocycles. The first-order chi connectivity index (χ1) is 15.1. The molecule has 0 aromatic heterocycles. The number of anilines is 1. The predicted molar refractivity (Wildman–Crippen MR) is 118 cm³/mol. The molecule has 0 bridgehead atoms. The summed E-state index contributed by atoms with van der Waals surface area (Å²) in [7, 11) is 0. The molecule has 7 heteroatoms. The van der Waals surface area contributed by atoms with Crippen molar-refractivity contribution in [3.8, 4) is 0 Å². The fraction of sp³-hybridized carbons (Fsp3) is 0.625. The van der Waals surface area contributed by atoms with Gasteiger partial charge in [0.2, 0.25) is 5.91 Å². The van der Waals surface area contributed by atoms with E-state index >= 15 is 0 Å². The van der Waals surface area contributed by atoms with Gasteiger partial charge in [-0.25, -0.2) is 0 Å². The second-order valence-corrected chi connectivity index (χ2v) is 8.98. The lowest BCUT2D eigenvalue weighted by Gasteiger charge is -2.34. The number of carbonyl (C=O) groups excluding carboxylic acids is 3. The number of hydrogen-bond donors (Lipinski definition) is 2. The van der Waals surface area contributed by atoms with E-state index in [9.17, 15) is 14.4 Å². The van der Waals surface area contributed by atoms with E-state index in [-0.39, 0.29) is 42.8 Å². The minimum Gasteiger partial charge on any atom is -0.395 e. The largest absolute Gasteiger partial charge is 0.395 e. The molecule has 2 fully saturated rings. The van der Waals surface area contributed by atoms with E-state index in [1.807, 2.05) is 12.1 Å². The van der Waals surface area contributed by atoms with Crippen LogP contribution in [-0.2, 0) is 4.79 Å². The topological polar surface area (TPSA) is 89.9 Å². The van der Waals surface area contributed by atoms with Crippen LogP contribution in [0.15, 0.2) is 18.2 Å². The molecule has 1 aromatic carbocycles. The van der Waals surface area contributed by atoms with E-state index in [2.05, 4.69) is 10.2 Å².